The Morgan fingerprint density at radius 2 is 1.57 bits per heavy atom. The van der Waals surface area contributed by atoms with E-state index in [1.54, 1.807) is 36.4 Å². The summed E-state index contributed by atoms with van der Waals surface area (Å²) in [7, 11) is -4.39. The van der Waals surface area contributed by atoms with Crippen LogP contribution in [0.3, 0.4) is 0 Å². The van der Waals surface area contributed by atoms with Crippen LogP contribution >= 0.6 is 0 Å². The van der Waals surface area contributed by atoms with E-state index in [2.05, 4.69) is 18.2 Å². The molecule has 46 heavy (non-hydrogen) atoms. The van der Waals surface area contributed by atoms with Gasteiger partial charge >= 0.3 is 0 Å². The molecule has 11 heteroatoms. The van der Waals surface area contributed by atoms with Crippen LogP contribution < -0.4 is 14.2 Å². The minimum absolute atomic E-state index is 0. The second kappa shape index (κ2) is 15.8. The van der Waals surface area contributed by atoms with Crippen molar-refractivity contribution in [1.82, 2.24) is 4.72 Å². The number of nitriles is 1. The first-order valence-corrected chi connectivity index (χ1v) is 15.5. The van der Waals surface area contributed by atoms with Crippen molar-refractivity contribution in [2.45, 2.75) is 30.8 Å². The third-order valence-corrected chi connectivity index (χ3v) is 8.40. The number of sulfonamides is 1. The van der Waals surface area contributed by atoms with Crippen molar-refractivity contribution in [3.05, 3.63) is 137 Å². The van der Waals surface area contributed by atoms with Gasteiger partial charge < -0.3 is 9.47 Å². The van der Waals surface area contributed by atoms with Gasteiger partial charge in [0.15, 0.2) is 11.6 Å². The molecule has 0 unspecified atom stereocenters. The van der Waals surface area contributed by atoms with E-state index in [0.717, 1.165) is 28.0 Å². The molecule has 0 spiro atoms. The molecule has 0 aliphatic carbocycles. The molecule has 0 aliphatic heterocycles. The summed E-state index contributed by atoms with van der Waals surface area (Å²) < 4.78 is 65.9. The predicted molar refractivity (Wildman–Crippen MR) is 171 cm³/mol. The quantitative estimate of drug-likeness (QED) is 0.160. The molecule has 7 nitrogen and oxygen atoms in total. The van der Waals surface area contributed by atoms with E-state index in [1.165, 1.54) is 0 Å². The van der Waals surface area contributed by atoms with Gasteiger partial charge in [-0.15, -0.1) is 0 Å². The van der Waals surface area contributed by atoms with E-state index in [9.17, 15) is 22.0 Å². The Kier molecular flexibility index (Phi) is 11.9. The second-order valence-corrected chi connectivity index (χ2v) is 11.9. The van der Waals surface area contributed by atoms with Crippen LogP contribution in [0.25, 0.3) is 10.8 Å². The Morgan fingerprint density at radius 3 is 2.35 bits per heavy atom. The van der Waals surface area contributed by atoms with Crippen molar-refractivity contribution in [2.24, 2.45) is 0 Å². The van der Waals surface area contributed by atoms with Crippen molar-refractivity contribution in [1.29, 1.82) is 5.26 Å². The molecule has 0 saturated carbocycles. The van der Waals surface area contributed by atoms with E-state index in [4.69, 9.17) is 14.7 Å². The minimum atomic E-state index is -4.39. The van der Waals surface area contributed by atoms with Gasteiger partial charge in [-0.2, -0.15) is 5.26 Å². The number of aryl methyl sites for hydroxylation is 1. The topological polar surface area (TPSA) is 105 Å². The van der Waals surface area contributed by atoms with Crippen molar-refractivity contribution >= 4 is 56.3 Å². The van der Waals surface area contributed by atoms with E-state index >= 15 is 0 Å². The SMILES string of the molecule is N#Cc1cccc(OCc2ccc(CCC(=O)NS(=O)(=O)c3ccc(F)c(F)c3)c(OCCc3ccc4ccccc4c3)c2)c1.[Na]. The number of carbonyl (C=O) groups is 1. The molecule has 1 radical (unpaired) electrons. The van der Waals surface area contributed by atoms with Crippen LogP contribution in [0.15, 0.2) is 108 Å². The third kappa shape index (κ3) is 9.14. The van der Waals surface area contributed by atoms with Crippen molar-refractivity contribution in [2.75, 3.05) is 6.61 Å². The number of hydrogen-bond acceptors (Lipinski definition) is 6. The average molecular weight is 650 g/mol. The van der Waals surface area contributed by atoms with Gasteiger partial charge in [0.25, 0.3) is 10.0 Å². The van der Waals surface area contributed by atoms with Gasteiger partial charge in [-0.05, 0) is 76.3 Å². The first-order chi connectivity index (χ1) is 21.7. The molecule has 1 amide bonds. The smallest absolute Gasteiger partial charge is 0.264 e. The maximum atomic E-state index is 13.6. The molecule has 0 saturated heterocycles. The van der Waals surface area contributed by atoms with Gasteiger partial charge in [0, 0.05) is 42.4 Å². The summed E-state index contributed by atoms with van der Waals surface area (Å²) >= 11 is 0. The van der Waals surface area contributed by atoms with Crippen LogP contribution in [-0.2, 0) is 34.3 Å². The Hall–Kier alpha value is -4.27. The molecule has 0 fully saturated rings. The Morgan fingerprint density at radius 1 is 0.783 bits per heavy atom. The molecule has 229 valence electrons. The molecule has 0 atom stereocenters. The van der Waals surface area contributed by atoms with Gasteiger partial charge in [0.1, 0.15) is 18.1 Å². The molecule has 5 aromatic carbocycles. The number of hydrogen-bond donors (Lipinski definition) is 1. The normalized spacial score (nSPS) is 10.9. The summed E-state index contributed by atoms with van der Waals surface area (Å²) in [6, 6.07) is 30.7. The fraction of sp³-hybridized carbons (Fsp3) is 0.143. The van der Waals surface area contributed by atoms with Crippen molar-refractivity contribution in [3.8, 4) is 17.6 Å². The summed E-state index contributed by atoms with van der Waals surface area (Å²) in [6.45, 7) is 0.541. The van der Waals surface area contributed by atoms with E-state index in [1.807, 2.05) is 41.1 Å². The fourth-order valence-corrected chi connectivity index (χ4v) is 5.70. The van der Waals surface area contributed by atoms with Crippen LogP contribution in [-0.4, -0.2) is 50.5 Å². The van der Waals surface area contributed by atoms with Crippen molar-refractivity contribution in [3.63, 3.8) is 0 Å². The molecule has 0 bridgehead atoms. The molecule has 1 N–H and O–H groups in total. The van der Waals surface area contributed by atoms with Gasteiger partial charge in [-0.25, -0.2) is 21.9 Å². The first kappa shape index (κ1) is 34.6. The molecular weight excluding hydrogens is 621 g/mol. The zero-order valence-corrected chi connectivity index (χ0v) is 27.8. The first-order valence-electron chi connectivity index (χ1n) is 14.1. The number of amides is 1. The number of halogens is 2. The predicted octanol–water partition coefficient (Wildman–Crippen LogP) is 6.25. The maximum absolute atomic E-state index is 13.6. The third-order valence-electron chi connectivity index (χ3n) is 7.03. The largest absolute Gasteiger partial charge is 0.493 e. The molecule has 5 aromatic rings. The molecular formula is C35H28F2N2NaO5S. The van der Waals surface area contributed by atoms with Gasteiger partial charge in [0.05, 0.1) is 23.1 Å². The summed E-state index contributed by atoms with van der Waals surface area (Å²) in [4.78, 5) is 12.1. The standard InChI is InChI=1S/C35H28F2N2O5S.Na/c36-32-14-13-31(21-33(32)37)45(41,42)39-35(40)15-12-28-11-9-26(23-44-30-7-3-4-25(19-30)22-38)20-34(28)43-17-16-24-8-10-27-5-1-2-6-29(27)18-24;/h1-11,13-14,18-21H,12,15-17,23H2,(H,39,40);. The maximum Gasteiger partial charge on any atom is 0.264 e. The Bertz CT molecular complexity index is 2010. The number of nitrogens with one attached hydrogen (secondary N) is 1. The number of nitrogens with zero attached hydrogens (tertiary/aromatic N) is 1. The van der Waals surface area contributed by atoms with Gasteiger partial charge in [-0.1, -0.05) is 60.7 Å². The summed E-state index contributed by atoms with van der Waals surface area (Å²) in [6.07, 6.45) is 0.565. The minimum Gasteiger partial charge on any atom is -0.493 e. The number of benzene rings is 5. The number of ether oxygens (including phenoxy) is 2. The number of fused-ring (bicyclic) bond motifs is 1. The van der Waals surface area contributed by atoms with Gasteiger partial charge in [0.2, 0.25) is 5.91 Å². The monoisotopic (exact) mass is 649 g/mol. The second-order valence-electron chi connectivity index (χ2n) is 10.3. The van der Waals surface area contributed by atoms with E-state index in [-0.39, 0.29) is 49.0 Å². The molecule has 0 aliphatic rings. The van der Waals surface area contributed by atoms with Gasteiger partial charge in [-0.3, -0.25) is 4.79 Å². The van der Waals surface area contributed by atoms with Crippen molar-refractivity contribution < 1.29 is 31.5 Å². The Balaban J connectivity index is 0.00000480. The zero-order valence-electron chi connectivity index (χ0n) is 25.0. The van der Waals surface area contributed by atoms with Crippen LogP contribution in [0.4, 0.5) is 8.78 Å². The van der Waals surface area contributed by atoms with Crippen LogP contribution in [0.5, 0.6) is 11.5 Å². The number of carbonyl (C=O) groups excluding carboxylic acids is 1. The fourth-order valence-electron chi connectivity index (χ4n) is 4.68. The zero-order chi connectivity index (χ0) is 31.8. The van der Waals surface area contributed by atoms with Crippen LogP contribution in [0.2, 0.25) is 0 Å². The summed E-state index contributed by atoms with van der Waals surface area (Å²) in [5.41, 5.74) is 3.02. The Labute approximate surface area is 288 Å². The van der Waals surface area contributed by atoms with E-state index in [0.29, 0.717) is 47.8 Å². The van der Waals surface area contributed by atoms with Crippen LogP contribution in [0.1, 0.15) is 28.7 Å². The molecule has 5 rings (SSSR count). The summed E-state index contributed by atoms with van der Waals surface area (Å²) in [5.74, 6) is -2.29. The average Bonchev–Trinajstić information content (AvgIpc) is 3.04. The molecule has 0 aromatic heterocycles. The van der Waals surface area contributed by atoms with Crippen LogP contribution in [0, 0.1) is 23.0 Å². The molecule has 0 heterocycles. The summed E-state index contributed by atoms with van der Waals surface area (Å²) in [5, 5.41) is 11.4. The number of rotatable bonds is 12. The van der Waals surface area contributed by atoms with E-state index < -0.39 is 32.5 Å².